The SMILES string of the molecule is CC(C)(C)c1ccccc1Oc1ncccc1Nc1nc2c(C(=O)O)cccc2s1. The molecule has 0 radical (unpaired) electrons. The summed E-state index contributed by atoms with van der Waals surface area (Å²) >= 11 is 1.38. The summed E-state index contributed by atoms with van der Waals surface area (Å²) in [5.74, 6) is 0.165. The highest BCUT2D eigenvalue weighted by Gasteiger charge is 2.20. The van der Waals surface area contributed by atoms with Gasteiger partial charge in [0, 0.05) is 11.8 Å². The van der Waals surface area contributed by atoms with Gasteiger partial charge in [0.05, 0.1) is 15.8 Å². The molecule has 0 bridgehead atoms. The van der Waals surface area contributed by atoms with Crippen molar-refractivity contribution in [3.8, 4) is 11.6 Å². The second-order valence-corrected chi connectivity index (χ2v) is 8.84. The molecule has 0 saturated heterocycles. The number of anilines is 2. The largest absolute Gasteiger partial charge is 0.478 e. The molecule has 0 amide bonds. The van der Waals surface area contributed by atoms with Crippen LogP contribution in [-0.2, 0) is 5.41 Å². The first-order valence-electron chi connectivity index (χ1n) is 9.45. The lowest BCUT2D eigenvalue weighted by atomic mass is 9.86. The molecule has 0 spiro atoms. The Morgan fingerprint density at radius 1 is 1.07 bits per heavy atom. The van der Waals surface area contributed by atoms with E-state index in [4.69, 9.17) is 4.74 Å². The summed E-state index contributed by atoms with van der Waals surface area (Å²) in [7, 11) is 0. The van der Waals surface area contributed by atoms with Crippen molar-refractivity contribution >= 4 is 38.3 Å². The lowest BCUT2D eigenvalue weighted by molar-refractivity contribution is 0.0699. The fourth-order valence-corrected chi connectivity index (χ4v) is 4.04. The standard InChI is InChI=1S/C23H21N3O3S/c1-23(2,3)15-9-4-5-11-17(15)29-20-16(10-7-13-24-20)25-22-26-19-14(21(27)28)8-6-12-18(19)30-22/h4-13H,1-3H3,(H,25,26)(H,27,28). The third-order valence-electron chi connectivity index (χ3n) is 4.56. The highest BCUT2D eigenvalue weighted by molar-refractivity contribution is 7.22. The number of aromatic carboxylic acids is 1. The molecule has 0 aliphatic heterocycles. The van der Waals surface area contributed by atoms with Crippen LogP contribution in [0.2, 0.25) is 0 Å². The molecule has 2 N–H and O–H groups in total. The molecule has 0 fully saturated rings. The van der Waals surface area contributed by atoms with Crippen molar-refractivity contribution in [3.63, 3.8) is 0 Å². The zero-order chi connectivity index (χ0) is 21.3. The predicted molar refractivity (Wildman–Crippen MR) is 119 cm³/mol. The van der Waals surface area contributed by atoms with Crippen molar-refractivity contribution in [1.82, 2.24) is 9.97 Å². The van der Waals surface area contributed by atoms with Crippen molar-refractivity contribution in [2.24, 2.45) is 0 Å². The highest BCUT2D eigenvalue weighted by atomic mass is 32.1. The van der Waals surface area contributed by atoms with E-state index >= 15 is 0 Å². The Morgan fingerprint density at radius 2 is 1.87 bits per heavy atom. The molecule has 0 unspecified atom stereocenters. The van der Waals surface area contributed by atoms with Crippen LogP contribution in [0.15, 0.2) is 60.8 Å². The van der Waals surface area contributed by atoms with Crippen LogP contribution in [0.5, 0.6) is 11.6 Å². The maximum Gasteiger partial charge on any atom is 0.337 e. The summed E-state index contributed by atoms with van der Waals surface area (Å²) in [6.45, 7) is 6.40. The van der Waals surface area contributed by atoms with E-state index < -0.39 is 5.97 Å². The lowest BCUT2D eigenvalue weighted by Gasteiger charge is -2.22. The van der Waals surface area contributed by atoms with E-state index in [2.05, 4.69) is 36.1 Å². The number of nitrogens with zero attached hydrogens (tertiary/aromatic N) is 2. The maximum atomic E-state index is 11.5. The molecule has 7 heteroatoms. The molecule has 0 atom stereocenters. The Labute approximate surface area is 178 Å². The number of nitrogens with one attached hydrogen (secondary N) is 1. The van der Waals surface area contributed by atoms with Gasteiger partial charge in [-0.05, 0) is 35.7 Å². The number of hydrogen-bond donors (Lipinski definition) is 2. The molecule has 6 nitrogen and oxygen atoms in total. The number of fused-ring (bicyclic) bond motifs is 1. The minimum Gasteiger partial charge on any atom is -0.478 e. The number of rotatable bonds is 5. The van der Waals surface area contributed by atoms with Gasteiger partial charge in [-0.1, -0.05) is 56.4 Å². The second-order valence-electron chi connectivity index (χ2n) is 7.81. The number of carboxylic acids is 1. The molecule has 2 aromatic heterocycles. The van der Waals surface area contributed by atoms with Crippen molar-refractivity contribution in [2.45, 2.75) is 26.2 Å². The number of benzene rings is 2. The van der Waals surface area contributed by atoms with Crippen molar-refractivity contribution in [3.05, 3.63) is 71.9 Å². The van der Waals surface area contributed by atoms with Crippen LogP contribution in [0.25, 0.3) is 10.2 Å². The van der Waals surface area contributed by atoms with Crippen LogP contribution >= 0.6 is 11.3 Å². The van der Waals surface area contributed by atoms with Gasteiger partial charge in [-0.25, -0.2) is 14.8 Å². The zero-order valence-electron chi connectivity index (χ0n) is 16.8. The van der Waals surface area contributed by atoms with E-state index in [1.54, 1.807) is 24.4 Å². The predicted octanol–water partition coefficient (Wildman–Crippen LogP) is 6.22. The van der Waals surface area contributed by atoms with Crippen LogP contribution in [0.4, 0.5) is 10.8 Å². The first kappa shape index (κ1) is 19.8. The van der Waals surface area contributed by atoms with E-state index in [0.717, 1.165) is 16.0 Å². The van der Waals surface area contributed by atoms with Gasteiger partial charge in [-0.3, -0.25) is 0 Å². The summed E-state index contributed by atoms with van der Waals surface area (Å²) in [5, 5.41) is 13.2. The number of para-hydroxylation sites is 2. The smallest absolute Gasteiger partial charge is 0.337 e. The quantitative estimate of drug-likeness (QED) is 0.399. The van der Waals surface area contributed by atoms with E-state index in [-0.39, 0.29) is 11.0 Å². The summed E-state index contributed by atoms with van der Waals surface area (Å²) in [6, 6.07) is 16.7. The van der Waals surface area contributed by atoms with E-state index in [9.17, 15) is 9.90 Å². The molecule has 152 valence electrons. The molecule has 30 heavy (non-hydrogen) atoms. The Kier molecular flexibility index (Phi) is 5.13. The summed E-state index contributed by atoms with van der Waals surface area (Å²) in [4.78, 5) is 20.3. The summed E-state index contributed by atoms with van der Waals surface area (Å²) in [5.41, 5.74) is 2.28. The van der Waals surface area contributed by atoms with Gasteiger partial charge in [0.2, 0.25) is 5.88 Å². The van der Waals surface area contributed by atoms with Crippen LogP contribution in [0, 0.1) is 0 Å². The van der Waals surface area contributed by atoms with Gasteiger partial charge in [0.15, 0.2) is 5.13 Å². The summed E-state index contributed by atoms with van der Waals surface area (Å²) in [6.07, 6.45) is 1.67. The van der Waals surface area contributed by atoms with Gasteiger partial charge in [-0.15, -0.1) is 0 Å². The molecule has 0 aliphatic rings. The number of carbonyl (C=O) groups is 1. The van der Waals surface area contributed by atoms with Gasteiger partial charge in [0.25, 0.3) is 0 Å². The average molecular weight is 420 g/mol. The number of pyridine rings is 1. The van der Waals surface area contributed by atoms with Crippen LogP contribution in [0.1, 0.15) is 36.7 Å². The normalized spacial score (nSPS) is 11.4. The van der Waals surface area contributed by atoms with Crippen molar-refractivity contribution in [2.75, 3.05) is 5.32 Å². The fraction of sp³-hybridized carbons (Fsp3) is 0.174. The van der Waals surface area contributed by atoms with E-state index in [1.165, 1.54) is 11.3 Å². The molecule has 2 aromatic carbocycles. The fourth-order valence-electron chi connectivity index (χ4n) is 3.14. The minimum absolute atomic E-state index is 0.0841. The average Bonchev–Trinajstić information content (AvgIpc) is 3.11. The third-order valence-corrected chi connectivity index (χ3v) is 5.50. The minimum atomic E-state index is -0.998. The first-order valence-corrected chi connectivity index (χ1v) is 10.3. The van der Waals surface area contributed by atoms with Crippen LogP contribution in [0.3, 0.4) is 0 Å². The van der Waals surface area contributed by atoms with Gasteiger partial charge in [0.1, 0.15) is 11.4 Å². The summed E-state index contributed by atoms with van der Waals surface area (Å²) < 4.78 is 6.98. The molecule has 0 aliphatic carbocycles. The molecule has 4 rings (SSSR count). The number of ether oxygens (including phenoxy) is 1. The van der Waals surface area contributed by atoms with Crippen molar-refractivity contribution in [1.29, 1.82) is 0 Å². The number of thiazole rings is 1. The lowest BCUT2D eigenvalue weighted by Crippen LogP contribution is -2.12. The first-order chi connectivity index (χ1) is 14.3. The molecule has 2 heterocycles. The second kappa shape index (κ2) is 7.76. The number of aromatic nitrogens is 2. The Morgan fingerprint density at radius 3 is 2.63 bits per heavy atom. The van der Waals surface area contributed by atoms with Gasteiger partial charge >= 0.3 is 5.97 Å². The number of carboxylic acid groups (broad SMARTS) is 1. The third kappa shape index (κ3) is 3.97. The molecular weight excluding hydrogens is 398 g/mol. The molecule has 0 saturated carbocycles. The van der Waals surface area contributed by atoms with Gasteiger partial charge < -0.3 is 15.2 Å². The monoisotopic (exact) mass is 419 g/mol. The van der Waals surface area contributed by atoms with Crippen molar-refractivity contribution < 1.29 is 14.6 Å². The van der Waals surface area contributed by atoms with E-state index in [0.29, 0.717) is 22.2 Å². The Bertz CT molecular complexity index is 1230. The zero-order valence-corrected chi connectivity index (χ0v) is 17.7. The van der Waals surface area contributed by atoms with Crippen LogP contribution < -0.4 is 10.1 Å². The highest BCUT2D eigenvalue weighted by Crippen LogP contribution is 2.37. The Hall–Kier alpha value is -3.45. The van der Waals surface area contributed by atoms with Crippen LogP contribution in [-0.4, -0.2) is 21.0 Å². The number of hydrogen-bond acceptors (Lipinski definition) is 6. The van der Waals surface area contributed by atoms with E-state index in [1.807, 2.05) is 36.4 Å². The van der Waals surface area contributed by atoms with Gasteiger partial charge in [-0.2, -0.15) is 0 Å². The topological polar surface area (TPSA) is 84.3 Å². The molecular formula is C23H21N3O3S. The molecule has 4 aromatic rings. The Balaban J connectivity index is 1.68. The maximum absolute atomic E-state index is 11.5.